The van der Waals surface area contributed by atoms with Crippen LogP contribution in [0.1, 0.15) is 19.8 Å². The van der Waals surface area contributed by atoms with Crippen molar-refractivity contribution in [1.29, 1.82) is 0 Å². The Balaban J connectivity index is 3.52. The Morgan fingerprint density at radius 1 is 1.17 bits per heavy atom. The van der Waals surface area contributed by atoms with Gasteiger partial charge < -0.3 is 19.3 Å². The summed E-state index contributed by atoms with van der Waals surface area (Å²) in [6, 6.07) is 0. The first-order valence-corrected chi connectivity index (χ1v) is 7.05. The van der Waals surface area contributed by atoms with Gasteiger partial charge in [-0.2, -0.15) is 0 Å². The zero-order valence-electron chi connectivity index (χ0n) is 10.1. The van der Waals surface area contributed by atoms with Crippen molar-refractivity contribution >= 4 is 19.5 Å². The maximum atomic E-state index is 10.9. The predicted molar refractivity (Wildman–Crippen MR) is 62.9 cm³/mol. The number of rotatable bonds is 8. The number of ether oxygens (including phenoxy) is 2. The zero-order chi connectivity index (χ0) is 14.2. The minimum atomic E-state index is -4.36. The lowest BCUT2D eigenvalue weighted by molar-refractivity contribution is -0.142. The van der Waals surface area contributed by atoms with E-state index in [1.54, 1.807) is 0 Å². The van der Waals surface area contributed by atoms with Crippen LogP contribution >= 0.6 is 7.60 Å². The Morgan fingerprint density at radius 3 is 2.11 bits per heavy atom. The quantitative estimate of drug-likeness (QED) is 0.290. The molecule has 104 valence electrons. The van der Waals surface area contributed by atoms with Crippen molar-refractivity contribution in [3.8, 4) is 0 Å². The molecule has 0 unspecified atom stereocenters. The first-order chi connectivity index (χ1) is 8.22. The van der Waals surface area contributed by atoms with Crippen LogP contribution in [0.5, 0.6) is 0 Å². The standard InChI is InChI=1S/C10H17O7P/c1-8(2)10(12)17-6-4-3-5-16-9(11)7-18(13,14)15/h1,3-7H2,2H3,(H2,13,14,15). The molecule has 0 aliphatic carbocycles. The van der Waals surface area contributed by atoms with Crippen molar-refractivity contribution in [3.05, 3.63) is 12.2 Å². The molecule has 0 aromatic carbocycles. The summed E-state index contributed by atoms with van der Waals surface area (Å²) in [7, 11) is -4.36. The third kappa shape index (κ3) is 10.0. The maximum absolute atomic E-state index is 10.9. The second-order valence-corrected chi connectivity index (χ2v) is 5.31. The van der Waals surface area contributed by atoms with Crippen LogP contribution < -0.4 is 0 Å². The van der Waals surface area contributed by atoms with Crippen LogP contribution in [0.2, 0.25) is 0 Å². The van der Waals surface area contributed by atoms with Crippen LogP contribution in [0.3, 0.4) is 0 Å². The van der Waals surface area contributed by atoms with Gasteiger partial charge in [-0.15, -0.1) is 0 Å². The second kappa shape index (κ2) is 8.02. The monoisotopic (exact) mass is 280 g/mol. The number of carbonyl (C=O) groups excluding carboxylic acids is 2. The molecule has 0 bridgehead atoms. The highest BCUT2D eigenvalue weighted by atomic mass is 31.2. The van der Waals surface area contributed by atoms with Crippen molar-refractivity contribution in [1.82, 2.24) is 0 Å². The van der Waals surface area contributed by atoms with E-state index in [0.717, 1.165) is 0 Å². The lowest BCUT2D eigenvalue weighted by Crippen LogP contribution is -2.12. The average molecular weight is 280 g/mol. The topological polar surface area (TPSA) is 110 Å². The molecule has 0 atom stereocenters. The number of unbranched alkanes of at least 4 members (excludes halogenated alkanes) is 1. The van der Waals surface area contributed by atoms with Gasteiger partial charge in [0, 0.05) is 5.57 Å². The highest BCUT2D eigenvalue weighted by molar-refractivity contribution is 7.52. The fourth-order valence-electron chi connectivity index (χ4n) is 0.892. The number of hydrogen-bond donors (Lipinski definition) is 2. The molecule has 0 saturated heterocycles. The summed E-state index contributed by atoms with van der Waals surface area (Å²) < 4.78 is 19.8. The molecular formula is C10H17O7P. The van der Waals surface area contributed by atoms with Crippen LogP contribution in [0.4, 0.5) is 0 Å². The molecule has 0 aliphatic rings. The SMILES string of the molecule is C=C(C)C(=O)OCCCCOC(=O)CP(=O)(O)O. The lowest BCUT2D eigenvalue weighted by Gasteiger charge is -2.06. The second-order valence-electron chi connectivity index (χ2n) is 3.67. The highest BCUT2D eigenvalue weighted by Crippen LogP contribution is 2.33. The molecular weight excluding hydrogens is 263 g/mol. The van der Waals surface area contributed by atoms with Gasteiger partial charge in [0.1, 0.15) is 6.16 Å². The normalized spacial score (nSPS) is 10.8. The lowest BCUT2D eigenvalue weighted by atomic mass is 10.3. The Hall–Kier alpha value is -1.17. The van der Waals surface area contributed by atoms with E-state index in [-0.39, 0.29) is 13.2 Å². The Labute approximate surface area is 105 Å². The van der Waals surface area contributed by atoms with Gasteiger partial charge in [-0.25, -0.2) is 4.79 Å². The van der Waals surface area contributed by atoms with Crippen molar-refractivity contribution in [2.24, 2.45) is 0 Å². The molecule has 8 heteroatoms. The van der Waals surface area contributed by atoms with Crippen LogP contribution in [0, 0.1) is 0 Å². The van der Waals surface area contributed by atoms with E-state index in [1.165, 1.54) is 6.92 Å². The van der Waals surface area contributed by atoms with E-state index in [0.29, 0.717) is 18.4 Å². The summed E-state index contributed by atoms with van der Waals surface area (Å²) in [5, 5.41) is 0. The van der Waals surface area contributed by atoms with Gasteiger partial charge in [0.15, 0.2) is 0 Å². The van der Waals surface area contributed by atoms with Crippen molar-refractivity contribution < 1.29 is 33.4 Å². The average Bonchev–Trinajstić information content (AvgIpc) is 2.19. The van der Waals surface area contributed by atoms with Crippen molar-refractivity contribution in [2.45, 2.75) is 19.8 Å². The van der Waals surface area contributed by atoms with Crippen molar-refractivity contribution in [3.63, 3.8) is 0 Å². The van der Waals surface area contributed by atoms with E-state index >= 15 is 0 Å². The van der Waals surface area contributed by atoms with E-state index in [2.05, 4.69) is 11.3 Å². The van der Waals surface area contributed by atoms with Gasteiger partial charge in [0.25, 0.3) is 0 Å². The molecule has 0 saturated carbocycles. The summed E-state index contributed by atoms with van der Waals surface area (Å²) in [4.78, 5) is 38.8. The third-order valence-corrected chi connectivity index (χ3v) is 2.39. The van der Waals surface area contributed by atoms with Crippen molar-refractivity contribution in [2.75, 3.05) is 19.4 Å². The smallest absolute Gasteiger partial charge is 0.336 e. The molecule has 0 fully saturated rings. The summed E-state index contributed by atoms with van der Waals surface area (Å²) in [6.45, 7) is 5.16. The zero-order valence-corrected chi connectivity index (χ0v) is 11.0. The minimum Gasteiger partial charge on any atom is -0.465 e. The molecule has 0 spiro atoms. The fourth-order valence-corrected chi connectivity index (χ4v) is 1.32. The summed E-state index contributed by atoms with van der Waals surface area (Å²) in [5.41, 5.74) is 0.308. The van der Waals surface area contributed by atoms with Gasteiger partial charge in [-0.3, -0.25) is 9.36 Å². The predicted octanol–water partition coefficient (Wildman–Crippen LogP) is 0.607. The fraction of sp³-hybridized carbons (Fsp3) is 0.600. The highest BCUT2D eigenvalue weighted by Gasteiger charge is 2.19. The van der Waals surface area contributed by atoms with Crippen LogP contribution in [0.15, 0.2) is 12.2 Å². The van der Waals surface area contributed by atoms with Crippen LogP contribution in [-0.2, 0) is 23.6 Å². The van der Waals surface area contributed by atoms with Gasteiger partial charge in [0.2, 0.25) is 0 Å². The van der Waals surface area contributed by atoms with E-state index < -0.39 is 25.7 Å². The molecule has 0 aliphatic heterocycles. The maximum Gasteiger partial charge on any atom is 0.336 e. The Morgan fingerprint density at radius 2 is 1.67 bits per heavy atom. The molecule has 0 amide bonds. The first kappa shape index (κ1) is 16.8. The molecule has 0 heterocycles. The molecule has 18 heavy (non-hydrogen) atoms. The van der Waals surface area contributed by atoms with E-state index in [9.17, 15) is 14.2 Å². The Bertz CT molecular complexity index is 357. The Kier molecular flexibility index (Phi) is 7.50. The molecule has 7 nitrogen and oxygen atoms in total. The minimum absolute atomic E-state index is 0.0312. The van der Waals surface area contributed by atoms with E-state index in [4.69, 9.17) is 14.5 Å². The number of esters is 2. The molecule has 0 aromatic heterocycles. The summed E-state index contributed by atoms with van der Waals surface area (Å²) in [6.07, 6.45) is 0.0101. The number of carbonyl (C=O) groups is 2. The van der Waals surface area contributed by atoms with Crippen LogP contribution in [0.25, 0.3) is 0 Å². The molecule has 0 radical (unpaired) electrons. The summed E-state index contributed by atoms with van der Waals surface area (Å²) in [5.74, 6) is -1.42. The van der Waals surface area contributed by atoms with Gasteiger partial charge >= 0.3 is 19.5 Å². The summed E-state index contributed by atoms with van der Waals surface area (Å²) >= 11 is 0. The van der Waals surface area contributed by atoms with Gasteiger partial charge in [-0.1, -0.05) is 6.58 Å². The third-order valence-electron chi connectivity index (χ3n) is 1.72. The largest absolute Gasteiger partial charge is 0.465 e. The van der Waals surface area contributed by atoms with Crippen LogP contribution in [-0.4, -0.2) is 41.1 Å². The molecule has 0 rings (SSSR count). The van der Waals surface area contributed by atoms with E-state index in [1.807, 2.05) is 0 Å². The van der Waals surface area contributed by atoms with Gasteiger partial charge in [0.05, 0.1) is 13.2 Å². The number of hydrogen-bond acceptors (Lipinski definition) is 5. The molecule has 0 aromatic rings. The first-order valence-electron chi connectivity index (χ1n) is 5.25. The van der Waals surface area contributed by atoms with Gasteiger partial charge in [-0.05, 0) is 19.8 Å². The molecule has 2 N–H and O–H groups in total.